The molecule has 12 rings (SSSR count). The molecule has 284 valence electrons. The number of hydrogen-bond donors (Lipinski definition) is 0. The Balaban J connectivity index is 1.25. The Bertz CT molecular complexity index is 3810. The molecule has 0 aliphatic rings. The van der Waals surface area contributed by atoms with Gasteiger partial charge in [-0.25, -0.2) is 4.85 Å². The number of fused-ring (bicyclic) bond motifs is 10. The van der Waals surface area contributed by atoms with Crippen LogP contribution < -0.4 is 9.80 Å². The summed E-state index contributed by atoms with van der Waals surface area (Å²) >= 11 is 0. The first kappa shape index (κ1) is 34.3. The van der Waals surface area contributed by atoms with Crippen molar-refractivity contribution in [2.24, 2.45) is 0 Å². The summed E-state index contributed by atoms with van der Waals surface area (Å²) in [6.07, 6.45) is 0. The molecule has 0 fully saturated rings. The highest BCUT2D eigenvalue weighted by atomic mass is 16.3. The first-order valence-corrected chi connectivity index (χ1v) is 19.9. The Morgan fingerprint density at radius 1 is 0.410 bits per heavy atom. The summed E-state index contributed by atoms with van der Waals surface area (Å²) in [5.41, 5.74) is 10.6. The molecule has 0 spiro atoms. The lowest BCUT2D eigenvalue weighted by Crippen LogP contribution is -2.14. The van der Waals surface area contributed by atoms with Crippen molar-refractivity contribution >= 4 is 116 Å². The molecule has 0 saturated carbocycles. The van der Waals surface area contributed by atoms with Gasteiger partial charge in [-0.15, -0.1) is 0 Å². The summed E-state index contributed by atoms with van der Waals surface area (Å²) in [6, 6.07) is 62.9. The largest absolute Gasteiger partial charge is 0.454 e. The van der Waals surface area contributed by atoms with Crippen molar-refractivity contribution in [2.75, 3.05) is 9.80 Å². The van der Waals surface area contributed by atoms with Crippen LogP contribution in [0.2, 0.25) is 0 Å². The van der Waals surface area contributed by atoms with Crippen LogP contribution in [-0.4, -0.2) is 0 Å². The van der Waals surface area contributed by atoms with Crippen molar-refractivity contribution in [3.8, 4) is 6.07 Å². The molecule has 9 aromatic carbocycles. The Morgan fingerprint density at radius 3 is 1.38 bits per heavy atom. The maximum Gasteiger partial charge on any atom is 0.187 e. The van der Waals surface area contributed by atoms with E-state index in [2.05, 4.69) is 99.6 Å². The monoisotopic (exact) mass is 782 g/mol. The molecule has 0 aliphatic carbocycles. The smallest absolute Gasteiger partial charge is 0.187 e. The van der Waals surface area contributed by atoms with Gasteiger partial charge in [0.1, 0.15) is 16.7 Å². The fourth-order valence-corrected chi connectivity index (χ4v) is 9.01. The van der Waals surface area contributed by atoms with Gasteiger partial charge in [0.05, 0.1) is 46.3 Å². The van der Waals surface area contributed by atoms with E-state index in [1.807, 2.05) is 103 Å². The van der Waals surface area contributed by atoms with Gasteiger partial charge in [-0.3, -0.25) is 0 Å². The molecule has 0 N–H and O–H groups in total. The Hall–Kier alpha value is -8.78. The number of benzene rings is 9. The Morgan fingerprint density at radius 2 is 0.836 bits per heavy atom. The first-order chi connectivity index (χ1) is 30.2. The van der Waals surface area contributed by atoms with Crippen LogP contribution in [0.5, 0.6) is 0 Å². The Kier molecular flexibility index (Phi) is 7.52. The van der Waals surface area contributed by atoms with Gasteiger partial charge in [-0.05, 0) is 66.7 Å². The maximum absolute atomic E-state index is 9.89. The Labute approximate surface area is 348 Å². The second kappa shape index (κ2) is 13.4. The molecule has 3 aromatic heterocycles. The van der Waals surface area contributed by atoms with Crippen LogP contribution in [0.1, 0.15) is 5.56 Å². The van der Waals surface area contributed by atoms with Gasteiger partial charge >= 0.3 is 0 Å². The van der Waals surface area contributed by atoms with Crippen molar-refractivity contribution in [3.05, 3.63) is 199 Å². The number of nitriles is 1. The fourth-order valence-electron chi connectivity index (χ4n) is 9.01. The van der Waals surface area contributed by atoms with Crippen molar-refractivity contribution in [3.63, 3.8) is 0 Å². The molecule has 0 bridgehead atoms. The number of hydrogen-bond acceptors (Lipinski definition) is 6. The van der Waals surface area contributed by atoms with Crippen molar-refractivity contribution < 1.29 is 13.3 Å². The van der Waals surface area contributed by atoms with Crippen LogP contribution in [0, 0.1) is 17.9 Å². The first-order valence-electron chi connectivity index (χ1n) is 19.9. The number of nitrogens with zero attached hydrogens (tertiary/aromatic N) is 4. The van der Waals surface area contributed by atoms with E-state index in [0.717, 1.165) is 105 Å². The predicted molar refractivity (Wildman–Crippen MR) is 246 cm³/mol. The lowest BCUT2D eigenvalue weighted by atomic mass is 9.97. The summed E-state index contributed by atoms with van der Waals surface area (Å²) in [5, 5.41) is 17.6. The summed E-state index contributed by atoms with van der Waals surface area (Å²) in [7, 11) is 0. The molecule has 61 heavy (non-hydrogen) atoms. The third kappa shape index (κ3) is 5.15. The summed E-state index contributed by atoms with van der Waals surface area (Å²) in [6.45, 7) is 7.76. The van der Waals surface area contributed by atoms with Gasteiger partial charge in [0.15, 0.2) is 22.4 Å². The SMILES string of the molecule is [C-]#[N+]c1ccc(N(c2cccc3c2oc2ccccc23)c2c3ccccc3c(N(c3ccc(C#N)cc3)c3cccc4c3oc3ccccc34)c3c2oc2ccccc23)cc1. The van der Waals surface area contributed by atoms with Gasteiger partial charge in [-0.1, -0.05) is 115 Å². The minimum absolute atomic E-state index is 0.539. The molecule has 0 saturated heterocycles. The number of anilines is 6. The lowest BCUT2D eigenvalue weighted by molar-refractivity contribution is 0.666. The zero-order valence-corrected chi connectivity index (χ0v) is 32.3. The highest BCUT2D eigenvalue weighted by molar-refractivity contribution is 6.29. The zero-order chi connectivity index (χ0) is 40.6. The van der Waals surface area contributed by atoms with Crippen molar-refractivity contribution in [1.29, 1.82) is 5.26 Å². The average molecular weight is 783 g/mol. The molecular formula is C54H30N4O3. The highest BCUT2D eigenvalue weighted by Gasteiger charge is 2.31. The average Bonchev–Trinajstić information content (AvgIpc) is 4.02. The molecule has 0 aliphatic heterocycles. The van der Waals surface area contributed by atoms with Gasteiger partial charge in [0.2, 0.25) is 0 Å². The van der Waals surface area contributed by atoms with E-state index in [4.69, 9.17) is 19.8 Å². The molecule has 7 nitrogen and oxygen atoms in total. The van der Waals surface area contributed by atoms with Crippen LogP contribution in [0.25, 0.3) is 81.4 Å². The minimum atomic E-state index is 0.539. The molecule has 0 atom stereocenters. The zero-order valence-electron chi connectivity index (χ0n) is 32.3. The fraction of sp³-hybridized carbons (Fsp3) is 0. The van der Waals surface area contributed by atoms with Gasteiger partial charge in [-0.2, -0.15) is 5.26 Å². The number of furan rings is 3. The predicted octanol–water partition coefficient (Wildman–Crippen LogP) is 15.9. The van der Waals surface area contributed by atoms with Crippen LogP contribution >= 0.6 is 0 Å². The summed E-state index contributed by atoms with van der Waals surface area (Å²) in [4.78, 5) is 8.18. The highest BCUT2D eigenvalue weighted by Crippen LogP contribution is 2.55. The third-order valence-corrected chi connectivity index (χ3v) is 11.7. The van der Waals surface area contributed by atoms with Gasteiger partial charge < -0.3 is 23.1 Å². The van der Waals surface area contributed by atoms with Crippen LogP contribution in [0.4, 0.5) is 39.8 Å². The van der Waals surface area contributed by atoms with Gasteiger partial charge in [0, 0.05) is 49.1 Å². The third-order valence-electron chi connectivity index (χ3n) is 11.7. The van der Waals surface area contributed by atoms with E-state index in [1.165, 1.54) is 0 Å². The standard InChI is InChI=1S/C54H30N4O3/c1-56-34-26-30-36(31-27-34)58(45-20-11-18-42-38-13-5-8-22-47(38)60-53(42)45)51-40-15-3-2-14-39(40)50(49-43-16-6-9-23-48(43)61-54(49)51)57(35-28-24-33(32-55)25-29-35)44-19-10-17-41-37-12-4-7-21-46(37)59-52(41)44/h2-31H. The van der Waals surface area contributed by atoms with E-state index in [9.17, 15) is 5.26 Å². The minimum Gasteiger partial charge on any atom is -0.454 e. The lowest BCUT2D eigenvalue weighted by Gasteiger charge is -2.31. The summed E-state index contributed by atoms with van der Waals surface area (Å²) < 4.78 is 20.6. The van der Waals surface area contributed by atoms with E-state index in [-0.39, 0.29) is 0 Å². The van der Waals surface area contributed by atoms with Gasteiger partial charge in [0.25, 0.3) is 0 Å². The second-order valence-corrected chi connectivity index (χ2v) is 15.0. The van der Waals surface area contributed by atoms with Crippen molar-refractivity contribution in [1.82, 2.24) is 0 Å². The van der Waals surface area contributed by atoms with E-state index < -0.39 is 0 Å². The van der Waals surface area contributed by atoms with Crippen LogP contribution in [0.3, 0.4) is 0 Å². The molecular weight excluding hydrogens is 753 g/mol. The van der Waals surface area contributed by atoms with Crippen LogP contribution in [0.15, 0.2) is 195 Å². The molecule has 12 aromatic rings. The normalized spacial score (nSPS) is 11.6. The summed E-state index contributed by atoms with van der Waals surface area (Å²) in [5.74, 6) is 0. The van der Waals surface area contributed by atoms with Crippen molar-refractivity contribution in [2.45, 2.75) is 0 Å². The number of rotatable bonds is 6. The molecule has 3 heterocycles. The topological polar surface area (TPSA) is 74.1 Å². The van der Waals surface area contributed by atoms with E-state index in [1.54, 1.807) is 0 Å². The molecule has 7 heteroatoms. The molecule has 0 amide bonds. The van der Waals surface area contributed by atoms with E-state index in [0.29, 0.717) is 16.8 Å². The van der Waals surface area contributed by atoms with E-state index >= 15 is 0 Å². The number of para-hydroxylation sites is 5. The molecule has 0 unspecified atom stereocenters. The quantitative estimate of drug-likeness (QED) is 0.124. The maximum atomic E-state index is 9.89. The second-order valence-electron chi connectivity index (χ2n) is 15.0. The van der Waals surface area contributed by atoms with Crippen LogP contribution in [-0.2, 0) is 0 Å². The molecule has 0 radical (unpaired) electrons.